The van der Waals surface area contributed by atoms with E-state index in [1.807, 2.05) is 36.4 Å². The summed E-state index contributed by atoms with van der Waals surface area (Å²) in [7, 11) is 1.64. The molecule has 0 aliphatic heterocycles. The zero-order chi connectivity index (χ0) is 14.4. The average Bonchev–Trinajstić information content (AvgIpc) is 2.46. The fourth-order valence-electron chi connectivity index (χ4n) is 2.10. The van der Waals surface area contributed by atoms with Crippen molar-refractivity contribution in [3.63, 3.8) is 0 Å². The van der Waals surface area contributed by atoms with Gasteiger partial charge in [0.25, 0.3) is 0 Å². The van der Waals surface area contributed by atoms with Gasteiger partial charge in [0.2, 0.25) is 0 Å². The molecule has 0 aliphatic rings. The molecule has 2 aromatic carbocycles. The molecule has 0 spiro atoms. The molecule has 0 heterocycles. The predicted molar refractivity (Wildman–Crippen MR) is 80.3 cm³/mol. The van der Waals surface area contributed by atoms with Gasteiger partial charge in [0.1, 0.15) is 11.5 Å². The fourth-order valence-corrected chi connectivity index (χ4v) is 2.10. The molecule has 106 valence electrons. The first-order chi connectivity index (χ1) is 9.72. The number of carbonyl (C=O) groups is 1. The lowest BCUT2D eigenvalue weighted by Crippen LogP contribution is -2.07. The molecule has 2 rings (SSSR count). The monoisotopic (exact) mass is 272 g/mol. The third-order valence-electron chi connectivity index (χ3n) is 3.24. The second kappa shape index (κ2) is 6.94. The van der Waals surface area contributed by atoms with Gasteiger partial charge in [0, 0.05) is 6.42 Å². The lowest BCUT2D eigenvalue weighted by Gasteiger charge is -2.07. The van der Waals surface area contributed by atoms with E-state index < -0.39 is 0 Å². The summed E-state index contributed by atoms with van der Waals surface area (Å²) in [5, 5.41) is 2.10. The van der Waals surface area contributed by atoms with E-state index in [0.717, 1.165) is 35.8 Å². The van der Waals surface area contributed by atoms with Gasteiger partial charge in [-0.3, -0.25) is 4.79 Å². The Kier molecular flexibility index (Phi) is 4.99. The van der Waals surface area contributed by atoms with Crippen LogP contribution in [-0.2, 0) is 4.79 Å². The Balaban J connectivity index is 2.08. The Morgan fingerprint density at radius 1 is 1.00 bits per heavy atom. The van der Waals surface area contributed by atoms with Crippen LogP contribution in [0.2, 0.25) is 0 Å². The lowest BCUT2D eigenvalue weighted by molar-refractivity contribution is -0.134. The summed E-state index contributed by atoms with van der Waals surface area (Å²) in [5.41, 5.74) is 0. The van der Waals surface area contributed by atoms with E-state index in [1.54, 1.807) is 7.11 Å². The summed E-state index contributed by atoms with van der Waals surface area (Å²) in [4.78, 5) is 11.7. The Bertz CT molecular complexity index is 590. The Labute approximate surface area is 119 Å². The number of benzene rings is 2. The van der Waals surface area contributed by atoms with Crippen molar-refractivity contribution in [1.29, 1.82) is 0 Å². The van der Waals surface area contributed by atoms with Crippen LogP contribution in [0.1, 0.15) is 32.6 Å². The summed E-state index contributed by atoms with van der Waals surface area (Å²) in [6.45, 7) is 2.11. The minimum atomic E-state index is -0.166. The van der Waals surface area contributed by atoms with Crippen LogP contribution in [0.3, 0.4) is 0 Å². The van der Waals surface area contributed by atoms with E-state index in [4.69, 9.17) is 9.47 Å². The number of unbranched alkanes of at least 4 members (excludes halogenated alkanes) is 2. The van der Waals surface area contributed by atoms with Gasteiger partial charge in [-0.15, -0.1) is 0 Å². The SMILES string of the molecule is CCCCCC(=O)Oc1ccc2ccc(OC)cc2c1. The Hall–Kier alpha value is -2.03. The lowest BCUT2D eigenvalue weighted by atomic mass is 10.1. The quantitative estimate of drug-likeness (QED) is 0.446. The standard InChI is InChI=1S/C17H20O3/c1-3-4-5-6-17(18)20-16-10-8-13-7-9-15(19-2)11-14(13)12-16/h7-12H,3-6H2,1-2H3. The predicted octanol–water partition coefficient (Wildman–Crippen LogP) is 4.33. The highest BCUT2D eigenvalue weighted by molar-refractivity contribution is 5.86. The Morgan fingerprint density at radius 3 is 2.40 bits per heavy atom. The number of hydrogen-bond donors (Lipinski definition) is 0. The van der Waals surface area contributed by atoms with E-state index in [0.29, 0.717) is 12.2 Å². The molecule has 0 atom stereocenters. The second-order valence-electron chi connectivity index (χ2n) is 4.81. The van der Waals surface area contributed by atoms with Crippen molar-refractivity contribution in [2.75, 3.05) is 7.11 Å². The molecule has 0 saturated carbocycles. The molecule has 0 unspecified atom stereocenters. The highest BCUT2D eigenvalue weighted by atomic mass is 16.5. The third-order valence-corrected chi connectivity index (χ3v) is 3.24. The highest BCUT2D eigenvalue weighted by Gasteiger charge is 2.05. The maximum absolute atomic E-state index is 11.7. The molecular formula is C17H20O3. The molecule has 0 amide bonds. The van der Waals surface area contributed by atoms with Gasteiger partial charge in [-0.25, -0.2) is 0 Å². The first-order valence-corrected chi connectivity index (χ1v) is 7.01. The molecule has 3 nitrogen and oxygen atoms in total. The Morgan fingerprint density at radius 2 is 1.70 bits per heavy atom. The van der Waals surface area contributed by atoms with Gasteiger partial charge < -0.3 is 9.47 Å². The van der Waals surface area contributed by atoms with Crippen LogP contribution < -0.4 is 9.47 Å². The maximum atomic E-state index is 11.7. The first kappa shape index (κ1) is 14.4. The molecule has 0 aliphatic carbocycles. The minimum absolute atomic E-state index is 0.166. The van der Waals surface area contributed by atoms with Crippen molar-refractivity contribution in [2.45, 2.75) is 32.6 Å². The number of hydrogen-bond acceptors (Lipinski definition) is 3. The first-order valence-electron chi connectivity index (χ1n) is 7.01. The number of ether oxygens (including phenoxy) is 2. The zero-order valence-electron chi connectivity index (χ0n) is 12.0. The van der Waals surface area contributed by atoms with Crippen molar-refractivity contribution >= 4 is 16.7 Å². The van der Waals surface area contributed by atoms with E-state index in [1.165, 1.54) is 0 Å². The number of rotatable bonds is 6. The van der Waals surface area contributed by atoms with Crippen molar-refractivity contribution in [3.05, 3.63) is 36.4 Å². The highest BCUT2D eigenvalue weighted by Crippen LogP contribution is 2.25. The maximum Gasteiger partial charge on any atom is 0.311 e. The summed E-state index contributed by atoms with van der Waals surface area (Å²) >= 11 is 0. The van der Waals surface area contributed by atoms with Crippen LogP contribution >= 0.6 is 0 Å². The number of fused-ring (bicyclic) bond motifs is 1. The van der Waals surface area contributed by atoms with Gasteiger partial charge in [-0.05, 0) is 41.5 Å². The number of esters is 1. The molecule has 2 aromatic rings. The zero-order valence-corrected chi connectivity index (χ0v) is 12.0. The van der Waals surface area contributed by atoms with E-state index in [2.05, 4.69) is 6.92 Å². The van der Waals surface area contributed by atoms with Gasteiger partial charge in [0.15, 0.2) is 0 Å². The van der Waals surface area contributed by atoms with Crippen molar-refractivity contribution < 1.29 is 14.3 Å². The van der Waals surface area contributed by atoms with Crippen molar-refractivity contribution in [2.24, 2.45) is 0 Å². The molecule has 0 N–H and O–H groups in total. The molecule has 0 radical (unpaired) electrons. The van der Waals surface area contributed by atoms with Crippen molar-refractivity contribution in [1.82, 2.24) is 0 Å². The third kappa shape index (κ3) is 3.73. The largest absolute Gasteiger partial charge is 0.497 e. The van der Waals surface area contributed by atoms with Crippen LogP contribution in [0.5, 0.6) is 11.5 Å². The van der Waals surface area contributed by atoms with Crippen LogP contribution in [0.25, 0.3) is 10.8 Å². The average molecular weight is 272 g/mol. The van der Waals surface area contributed by atoms with Gasteiger partial charge in [-0.1, -0.05) is 31.9 Å². The molecule has 3 heteroatoms. The molecule has 0 bridgehead atoms. The normalized spacial score (nSPS) is 10.5. The van der Waals surface area contributed by atoms with Gasteiger partial charge >= 0.3 is 5.97 Å². The topological polar surface area (TPSA) is 35.5 Å². The summed E-state index contributed by atoms with van der Waals surface area (Å²) in [6, 6.07) is 11.5. The van der Waals surface area contributed by atoms with Crippen LogP contribution in [0.4, 0.5) is 0 Å². The van der Waals surface area contributed by atoms with E-state index in [9.17, 15) is 4.79 Å². The van der Waals surface area contributed by atoms with Crippen molar-refractivity contribution in [3.8, 4) is 11.5 Å². The van der Waals surface area contributed by atoms with E-state index in [-0.39, 0.29) is 5.97 Å². The molecular weight excluding hydrogens is 252 g/mol. The smallest absolute Gasteiger partial charge is 0.311 e. The fraction of sp³-hybridized carbons (Fsp3) is 0.353. The summed E-state index contributed by atoms with van der Waals surface area (Å²) < 4.78 is 10.6. The minimum Gasteiger partial charge on any atom is -0.497 e. The van der Waals surface area contributed by atoms with E-state index >= 15 is 0 Å². The molecule has 0 fully saturated rings. The van der Waals surface area contributed by atoms with Crippen LogP contribution in [-0.4, -0.2) is 13.1 Å². The van der Waals surface area contributed by atoms with Gasteiger partial charge in [0.05, 0.1) is 7.11 Å². The molecule has 0 aromatic heterocycles. The van der Waals surface area contributed by atoms with Gasteiger partial charge in [-0.2, -0.15) is 0 Å². The van der Waals surface area contributed by atoms with Crippen LogP contribution in [0, 0.1) is 0 Å². The van der Waals surface area contributed by atoms with Crippen LogP contribution in [0.15, 0.2) is 36.4 Å². The summed E-state index contributed by atoms with van der Waals surface area (Å²) in [5.74, 6) is 1.22. The number of carbonyl (C=O) groups excluding carboxylic acids is 1. The second-order valence-corrected chi connectivity index (χ2v) is 4.81. The molecule has 20 heavy (non-hydrogen) atoms. The number of methoxy groups -OCH3 is 1. The summed E-state index contributed by atoms with van der Waals surface area (Å²) in [6.07, 6.45) is 3.52. The molecule has 0 saturated heterocycles.